The Hall–Kier alpha value is -1.51. The van der Waals surface area contributed by atoms with E-state index in [0.29, 0.717) is 29.5 Å². The van der Waals surface area contributed by atoms with Crippen LogP contribution in [0.3, 0.4) is 0 Å². The Morgan fingerprint density at radius 3 is 2.57 bits per heavy atom. The predicted octanol–water partition coefficient (Wildman–Crippen LogP) is 1.75. The molecule has 0 atom stereocenters. The van der Waals surface area contributed by atoms with Crippen LogP contribution in [0.4, 0.5) is 5.69 Å². The van der Waals surface area contributed by atoms with Crippen LogP contribution >= 0.6 is 11.6 Å². The highest BCUT2D eigenvalue weighted by molar-refractivity contribution is 7.89. The molecule has 0 heterocycles. The van der Waals surface area contributed by atoms with Crippen molar-refractivity contribution in [2.24, 2.45) is 10.7 Å². The second-order valence-electron chi connectivity index (χ2n) is 4.64. The molecule has 0 saturated carbocycles. The number of nitrogens with two attached hydrogens (primary N) is 1. The maximum absolute atomic E-state index is 12.0. The van der Waals surface area contributed by atoms with Crippen molar-refractivity contribution in [3.63, 3.8) is 0 Å². The number of rotatable bonds is 8. The van der Waals surface area contributed by atoms with E-state index in [0.717, 1.165) is 0 Å². The first-order chi connectivity index (χ1) is 10.8. The van der Waals surface area contributed by atoms with Gasteiger partial charge in [-0.05, 0) is 18.2 Å². The molecule has 0 unspecified atom stereocenters. The van der Waals surface area contributed by atoms with E-state index in [1.165, 1.54) is 11.4 Å². The van der Waals surface area contributed by atoms with Gasteiger partial charge >= 0.3 is 0 Å². The lowest BCUT2D eigenvalue weighted by atomic mass is 10.3. The number of ether oxygens (including phenoxy) is 1. The van der Waals surface area contributed by atoms with Crippen LogP contribution in [0.5, 0.6) is 5.75 Å². The summed E-state index contributed by atoms with van der Waals surface area (Å²) in [6.45, 7) is 4.57. The Labute approximate surface area is 142 Å². The third-order valence-electron chi connectivity index (χ3n) is 3.15. The standard InChI is InChI=1S/C14H23ClN4O3S/c1-4-19(5-2)23(20,21)9-8-17-14(16)18-11-6-7-13(22-3)12(15)10-11/h6-7,10H,4-5,8-9H2,1-3H3,(H3,16,17,18). The van der Waals surface area contributed by atoms with E-state index < -0.39 is 10.0 Å². The van der Waals surface area contributed by atoms with E-state index in [4.69, 9.17) is 22.1 Å². The van der Waals surface area contributed by atoms with Crippen LogP contribution in [0.25, 0.3) is 0 Å². The third-order valence-corrected chi connectivity index (χ3v) is 5.45. The molecule has 1 aromatic carbocycles. The molecule has 0 aliphatic heterocycles. The fourth-order valence-electron chi connectivity index (χ4n) is 1.96. The number of nitrogens with one attached hydrogen (secondary N) is 1. The van der Waals surface area contributed by atoms with Crippen LogP contribution in [0.2, 0.25) is 5.02 Å². The van der Waals surface area contributed by atoms with Gasteiger partial charge in [-0.3, -0.25) is 4.99 Å². The van der Waals surface area contributed by atoms with Crippen LogP contribution in [-0.4, -0.2) is 51.2 Å². The van der Waals surface area contributed by atoms with Gasteiger partial charge in [0.25, 0.3) is 0 Å². The number of methoxy groups -OCH3 is 1. The minimum atomic E-state index is -3.30. The minimum absolute atomic E-state index is 0.0829. The summed E-state index contributed by atoms with van der Waals surface area (Å²) in [5.74, 6) is 0.597. The Balaban J connectivity index is 2.63. The summed E-state index contributed by atoms with van der Waals surface area (Å²) in [5, 5.41) is 3.30. The lowest BCUT2D eigenvalue weighted by Crippen LogP contribution is -2.34. The van der Waals surface area contributed by atoms with Crippen LogP contribution in [0.1, 0.15) is 13.8 Å². The van der Waals surface area contributed by atoms with Crippen molar-refractivity contribution in [2.75, 3.05) is 37.8 Å². The summed E-state index contributed by atoms with van der Waals surface area (Å²) in [6, 6.07) is 5.08. The van der Waals surface area contributed by atoms with Crippen molar-refractivity contribution >= 4 is 33.3 Å². The zero-order valence-corrected chi connectivity index (χ0v) is 15.1. The van der Waals surface area contributed by atoms with Crippen molar-refractivity contribution in [2.45, 2.75) is 13.8 Å². The number of hydrogen-bond acceptors (Lipinski definition) is 4. The summed E-state index contributed by atoms with van der Waals surface area (Å²) in [4.78, 5) is 4.03. The molecule has 130 valence electrons. The molecular formula is C14H23ClN4O3S. The van der Waals surface area contributed by atoms with Crippen molar-refractivity contribution in [3.05, 3.63) is 23.2 Å². The van der Waals surface area contributed by atoms with Gasteiger partial charge in [-0.2, -0.15) is 0 Å². The molecule has 0 bridgehead atoms. The van der Waals surface area contributed by atoms with Crippen molar-refractivity contribution < 1.29 is 13.2 Å². The zero-order valence-electron chi connectivity index (χ0n) is 13.5. The lowest BCUT2D eigenvalue weighted by molar-refractivity contribution is 0.415. The van der Waals surface area contributed by atoms with E-state index >= 15 is 0 Å². The Bertz CT molecular complexity index is 645. The number of anilines is 1. The summed E-state index contributed by atoms with van der Waals surface area (Å²) in [6.07, 6.45) is 0. The van der Waals surface area contributed by atoms with Crippen molar-refractivity contribution in [1.82, 2.24) is 4.31 Å². The van der Waals surface area contributed by atoms with Gasteiger partial charge in [0.2, 0.25) is 10.0 Å². The zero-order chi connectivity index (χ0) is 17.5. The van der Waals surface area contributed by atoms with Gasteiger partial charge < -0.3 is 15.8 Å². The van der Waals surface area contributed by atoms with Gasteiger partial charge in [0.05, 0.1) is 24.4 Å². The van der Waals surface area contributed by atoms with E-state index in [1.54, 1.807) is 32.0 Å². The molecule has 7 nitrogen and oxygen atoms in total. The van der Waals surface area contributed by atoms with Gasteiger partial charge in [0, 0.05) is 18.8 Å². The van der Waals surface area contributed by atoms with Gasteiger partial charge in [-0.1, -0.05) is 25.4 Å². The normalized spacial score (nSPS) is 12.5. The minimum Gasteiger partial charge on any atom is -0.495 e. The Kier molecular flexibility index (Phi) is 7.60. The molecule has 0 aromatic heterocycles. The molecule has 1 rings (SSSR count). The highest BCUT2D eigenvalue weighted by Gasteiger charge is 2.17. The van der Waals surface area contributed by atoms with Gasteiger partial charge in [0.15, 0.2) is 5.96 Å². The van der Waals surface area contributed by atoms with Gasteiger partial charge in [-0.15, -0.1) is 0 Å². The molecular weight excluding hydrogens is 340 g/mol. The summed E-state index contributed by atoms with van der Waals surface area (Å²) in [5.41, 5.74) is 6.40. The molecule has 1 aromatic rings. The van der Waals surface area contributed by atoms with Crippen molar-refractivity contribution in [1.29, 1.82) is 0 Å². The number of aliphatic imine (C=N–C) groups is 1. The number of guanidine groups is 1. The van der Waals surface area contributed by atoms with Gasteiger partial charge in [0.1, 0.15) is 5.75 Å². The SMILES string of the molecule is CCN(CC)S(=O)(=O)CCN=C(N)Nc1ccc(OC)c(Cl)c1. The molecule has 9 heteroatoms. The summed E-state index contributed by atoms with van der Waals surface area (Å²) < 4.78 is 30.5. The van der Waals surface area contributed by atoms with Crippen LogP contribution in [0.15, 0.2) is 23.2 Å². The summed E-state index contributed by atoms with van der Waals surface area (Å²) >= 11 is 6.01. The molecule has 3 N–H and O–H groups in total. The number of sulfonamides is 1. The molecule has 0 saturated heterocycles. The smallest absolute Gasteiger partial charge is 0.215 e. The quantitative estimate of drug-likeness (QED) is 0.542. The van der Waals surface area contributed by atoms with E-state index in [2.05, 4.69) is 10.3 Å². The molecule has 0 aliphatic carbocycles. The Morgan fingerprint density at radius 2 is 2.04 bits per heavy atom. The van der Waals surface area contributed by atoms with Gasteiger partial charge in [-0.25, -0.2) is 12.7 Å². The fraction of sp³-hybridized carbons (Fsp3) is 0.500. The third kappa shape index (κ3) is 5.89. The van der Waals surface area contributed by atoms with Crippen LogP contribution in [-0.2, 0) is 10.0 Å². The highest BCUT2D eigenvalue weighted by atomic mass is 35.5. The molecule has 0 amide bonds. The molecule has 23 heavy (non-hydrogen) atoms. The summed E-state index contributed by atoms with van der Waals surface area (Å²) in [7, 11) is -1.77. The van der Waals surface area contributed by atoms with Crippen LogP contribution in [0, 0.1) is 0 Å². The second-order valence-corrected chi connectivity index (χ2v) is 7.14. The first kappa shape index (κ1) is 19.5. The van der Waals surface area contributed by atoms with E-state index in [1.807, 2.05) is 0 Å². The number of hydrogen-bond donors (Lipinski definition) is 2. The molecule has 0 fully saturated rings. The van der Waals surface area contributed by atoms with E-state index in [9.17, 15) is 8.42 Å². The highest BCUT2D eigenvalue weighted by Crippen LogP contribution is 2.26. The largest absolute Gasteiger partial charge is 0.495 e. The second kappa shape index (κ2) is 8.95. The predicted molar refractivity (Wildman–Crippen MR) is 94.8 cm³/mol. The fourth-order valence-corrected chi connectivity index (χ4v) is 3.58. The molecule has 0 radical (unpaired) electrons. The molecule has 0 spiro atoms. The average Bonchev–Trinajstić information content (AvgIpc) is 2.48. The molecule has 0 aliphatic rings. The number of nitrogens with zero attached hydrogens (tertiary/aromatic N) is 2. The number of benzene rings is 1. The Morgan fingerprint density at radius 1 is 1.39 bits per heavy atom. The van der Waals surface area contributed by atoms with Crippen LogP contribution < -0.4 is 15.8 Å². The maximum Gasteiger partial charge on any atom is 0.215 e. The first-order valence-corrected chi connectivity index (χ1v) is 9.21. The topological polar surface area (TPSA) is 97.0 Å². The monoisotopic (exact) mass is 362 g/mol. The van der Waals surface area contributed by atoms with E-state index in [-0.39, 0.29) is 18.3 Å². The average molecular weight is 363 g/mol. The van der Waals surface area contributed by atoms with Crippen molar-refractivity contribution in [3.8, 4) is 5.75 Å². The lowest BCUT2D eigenvalue weighted by Gasteiger charge is -2.17. The first-order valence-electron chi connectivity index (χ1n) is 7.22. The number of halogens is 1. The maximum atomic E-state index is 12.0.